The van der Waals surface area contributed by atoms with Crippen molar-refractivity contribution < 1.29 is 9.18 Å². The summed E-state index contributed by atoms with van der Waals surface area (Å²) < 4.78 is 12.7. The smallest absolute Gasteiger partial charge is 0.244 e. The average molecular weight is 270 g/mol. The van der Waals surface area contributed by atoms with Gasteiger partial charge in [0.2, 0.25) is 5.91 Å². The van der Waals surface area contributed by atoms with Crippen molar-refractivity contribution in [1.82, 2.24) is 5.32 Å². The predicted octanol–water partition coefficient (Wildman–Crippen LogP) is 2.74. The van der Waals surface area contributed by atoms with Gasteiger partial charge in [-0.05, 0) is 41.5 Å². The first-order chi connectivity index (χ1) is 9.63. The Balaban J connectivity index is 1.88. The number of halogens is 1. The fraction of sp³-hybridized carbons (Fsp3) is 0.0625. The van der Waals surface area contributed by atoms with Gasteiger partial charge in [-0.2, -0.15) is 0 Å². The van der Waals surface area contributed by atoms with Crippen LogP contribution < -0.4 is 11.1 Å². The molecule has 3 N–H and O–H groups in total. The van der Waals surface area contributed by atoms with E-state index in [1.807, 2.05) is 12.1 Å². The highest BCUT2D eigenvalue weighted by Gasteiger charge is 1.97. The Hall–Kier alpha value is -2.62. The third kappa shape index (κ3) is 4.24. The summed E-state index contributed by atoms with van der Waals surface area (Å²) in [4.78, 5) is 11.6. The standard InChI is InChI=1S/C16H15FN2O/c17-14-7-4-13(5-8-14)11-19-16(20)9-6-12-2-1-3-15(18)10-12/h1-10H,11,18H2,(H,19,20)/b9-6+. The third-order valence-corrected chi connectivity index (χ3v) is 2.72. The number of rotatable bonds is 4. The lowest BCUT2D eigenvalue weighted by molar-refractivity contribution is -0.116. The Bertz CT molecular complexity index is 621. The van der Waals surface area contributed by atoms with Crippen molar-refractivity contribution in [3.8, 4) is 0 Å². The summed E-state index contributed by atoms with van der Waals surface area (Å²) >= 11 is 0. The second kappa shape index (κ2) is 6.52. The first kappa shape index (κ1) is 13.8. The van der Waals surface area contributed by atoms with Crippen LogP contribution in [-0.2, 0) is 11.3 Å². The van der Waals surface area contributed by atoms with Gasteiger partial charge in [0.15, 0.2) is 0 Å². The second-order valence-corrected chi connectivity index (χ2v) is 4.35. The first-order valence-electron chi connectivity index (χ1n) is 6.19. The van der Waals surface area contributed by atoms with E-state index >= 15 is 0 Å². The molecule has 2 aromatic carbocycles. The molecule has 0 aliphatic rings. The molecule has 0 saturated carbocycles. The molecule has 0 aliphatic carbocycles. The molecule has 0 saturated heterocycles. The quantitative estimate of drug-likeness (QED) is 0.663. The van der Waals surface area contributed by atoms with Crippen molar-refractivity contribution in [3.63, 3.8) is 0 Å². The molecule has 0 heterocycles. The molecule has 1 amide bonds. The van der Waals surface area contributed by atoms with E-state index in [2.05, 4.69) is 5.32 Å². The van der Waals surface area contributed by atoms with Gasteiger partial charge >= 0.3 is 0 Å². The fourth-order valence-electron chi connectivity index (χ4n) is 1.68. The fourth-order valence-corrected chi connectivity index (χ4v) is 1.68. The molecule has 102 valence electrons. The lowest BCUT2D eigenvalue weighted by Gasteiger charge is -2.02. The molecule has 0 bridgehead atoms. The van der Waals surface area contributed by atoms with Gasteiger partial charge in [-0.25, -0.2) is 4.39 Å². The number of carbonyl (C=O) groups is 1. The maximum atomic E-state index is 12.7. The number of hydrogen-bond donors (Lipinski definition) is 2. The van der Waals surface area contributed by atoms with Crippen LogP contribution in [0.4, 0.5) is 10.1 Å². The van der Waals surface area contributed by atoms with Crippen molar-refractivity contribution in [2.24, 2.45) is 0 Å². The minimum atomic E-state index is -0.290. The van der Waals surface area contributed by atoms with Crippen LogP contribution in [0.5, 0.6) is 0 Å². The Morgan fingerprint density at radius 3 is 2.65 bits per heavy atom. The molecule has 4 heteroatoms. The monoisotopic (exact) mass is 270 g/mol. The van der Waals surface area contributed by atoms with Gasteiger partial charge in [0, 0.05) is 18.3 Å². The van der Waals surface area contributed by atoms with E-state index in [-0.39, 0.29) is 11.7 Å². The second-order valence-electron chi connectivity index (χ2n) is 4.35. The molecule has 0 spiro atoms. The summed E-state index contributed by atoms with van der Waals surface area (Å²) in [7, 11) is 0. The maximum absolute atomic E-state index is 12.7. The summed E-state index contributed by atoms with van der Waals surface area (Å²) in [6.45, 7) is 0.361. The van der Waals surface area contributed by atoms with Crippen molar-refractivity contribution in [2.45, 2.75) is 6.54 Å². The van der Waals surface area contributed by atoms with E-state index in [1.165, 1.54) is 18.2 Å². The Morgan fingerprint density at radius 1 is 1.20 bits per heavy atom. The van der Waals surface area contributed by atoms with Crippen LogP contribution in [0.3, 0.4) is 0 Å². The largest absolute Gasteiger partial charge is 0.399 e. The van der Waals surface area contributed by atoms with Crippen LogP contribution in [-0.4, -0.2) is 5.91 Å². The van der Waals surface area contributed by atoms with Gasteiger partial charge < -0.3 is 11.1 Å². The van der Waals surface area contributed by atoms with E-state index < -0.39 is 0 Å². The van der Waals surface area contributed by atoms with Gasteiger partial charge in [-0.15, -0.1) is 0 Å². The molecule has 0 aliphatic heterocycles. The lowest BCUT2D eigenvalue weighted by atomic mass is 10.2. The van der Waals surface area contributed by atoms with Crippen LogP contribution in [0.1, 0.15) is 11.1 Å². The summed E-state index contributed by atoms with van der Waals surface area (Å²) in [6, 6.07) is 13.3. The average Bonchev–Trinajstić information content (AvgIpc) is 2.45. The number of amides is 1. The van der Waals surface area contributed by atoms with Crippen molar-refractivity contribution >= 4 is 17.7 Å². The summed E-state index contributed by atoms with van der Waals surface area (Å²) in [6.07, 6.45) is 3.13. The zero-order valence-electron chi connectivity index (χ0n) is 10.8. The highest BCUT2D eigenvalue weighted by atomic mass is 19.1. The molecule has 20 heavy (non-hydrogen) atoms. The first-order valence-corrected chi connectivity index (χ1v) is 6.19. The van der Waals surface area contributed by atoms with Gasteiger partial charge in [0.25, 0.3) is 0 Å². The number of anilines is 1. The van der Waals surface area contributed by atoms with Gasteiger partial charge in [-0.3, -0.25) is 4.79 Å². The molecule has 2 rings (SSSR count). The van der Waals surface area contributed by atoms with Gasteiger partial charge in [0.05, 0.1) is 0 Å². The van der Waals surface area contributed by atoms with Crippen molar-refractivity contribution in [2.75, 3.05) is 5.73 Å². The minimum absolute atomic E-state index is 0.211. The lowest BCUT2D eigenvalue weighted by Crippen LogP contribution is -2.20. The van der Waals surface area contributed by atoms with Crippen LogP contribution in [0.2, 0.25) is 0 Å². The highest BCUT2D eigenvalue weighted by molar-refractivity contribution is 5.91. The molecular formula is C16H15FN2O. The summed E-state index contributed by atoms with van der Waals surface area (Å²) in [5, 5.41) is 2.72. The van der Waals surface area contributed by atoms with E-state index in [0.29, 0.717) is 12.2 Å². The summed E-state index contributed by atoms with van der Waals surface area (Å²) in [5.74, 6) is -0.501. The van der Waals surface area contributed by atoms with E-state index in [1.54, 1.807) is 30.3 Å². The predicted molar refractivity (Wildman–Crippen MR) is 78.1 cm³/mol. The number of benzene rings is 2. The topological polar surface area (TPSA) is 55.1 Å². The number of nitrogens with one attached hydrogen (secondary N) is 1. The Kier molecular flexibility index (Phi) is 4.50. The van der Waals surface area contributed by atoms with Crippen molar-refractivity contribution in [3.05, 3.63) is 71.6 Å². The third-order valence-electron chi connectivity index (χ3n) is 2.72. The van der Waals surface area contributed by atoms with Gasteiger partial charge in [0.1, 0.15) is 5.82 Å². The SMILES string of the molecule is Nc1cccc(/C=C/C(=O)NCc2ccc(F)cc2)c1. The maximum Gasteiger partial charge on any atom is 0.244 e. The van der Waals surface area contributed by atoms with E-state index in [4.69, 9.17) is 5.73 Å². The minimum Gasteiger partial charge on any atom is -0.399 e. The molecule has 0 fully saturated rings. The Labute approximate surface area is 116 Å². The van der Waals surface area contributed by atoms with Crippen LogP contribution in [0.15, 0.2) is 54.6 Å². The molecule has 0 radical (unpaired) electrons. The number of carbonyl (C=O) groups excluding carboxylic acids is 1. The number of nitrogens with two attached hydrogens (primary N) is 1. The highest BCUT2D eigenvalue weighted by Crippen LogP contribution is 2.08. The normalized spacial score (nSPS) is 10.7. The number of nitrogen functional groups attached to an aromatic ring is 1. The molecule has 0 atom stereocenters. The zero-order valence-corrected chi connectivity index (χ0v) is 10.8. The van der Waals surface area contributed by atoms with Gasteiger partial charge in [-0.1, -0.05) is 24.3 Å². The zero-order chi connectivity index (χ0) is 14.4. The van der Waals surface area contributed by atoms with E-state index in [0.717, 1.165) is 11.1 Å². The number of hydrogen-bond acceptors (Lipinski definition) is 2. The Morgan fingerprint density at radius 2 is 1.95 bits per heavy atom. The molecule has 2 aromatic rings. The van der Waals surface area contributed by atoms with E-state index in [9.17, 15) is 9.18 Å². The molecule has 3 nitrogen and oxygen atoms in total. The summed E-state index contributed by atoms with van der Waals surface area (Å²) in [5.41, 5.74) is 8.01. The van der Waals surface area contributed by atoms with Crippen LogP contribution >= 0.6 is 0 Å². The molecule has 0 aromatic heterocycles. The van der Waals surface area contributed by atoms with Crippen molar-refractivity contribution in [1.29, 1.82) is 0 Å². The van der Waals surface area contributed by atoms with Crippen LogP contribution in [0.25, 0.3) is 6.08 Å². The van der Waals surface area contributed by atoms with Crippen LogP contribution in [0, 0.1) is 5.82 Å². The molecular weight excluding hydrogens is 255 g/mol. The molecule has 0 unspecified atom stereocenters.